The highest BCUT2D eigenvalue weighted by Crippen LogP contribution is 2.27. The van der Waals surface area contributed by atoms with Gasteiger partial charge >= 0.3 is 11.9 Å². The predicted molar refractivity (Wildman–Crippen MR) is 219 cm³/mol. The summed E-state index contributed by atoms with van der Waals surface area (Å²) < 4.78 is 30.9. The summed E-state index contributed by atoms with van der Waals surface area (Å²) in [5.41, 5.74) is 4.57. The van der Waals surface area contributed by atoms with Gasteiger partial charge in [-0.25, -0.2) is 4.39 Å². The van der Waals surface area contributed by atoms with Gasteiger partial charge in [0.05, 0.1) is 11.8 Å². The molecule has 0 saturated heterocycles. The SMILES string of the molecule is O=C(OC(=O)C(CCCc1ccccc1)CCc1ccc(Oc2ccc(F)cc2)cc1)C(CCCc1ccccc1)CCc1ccc(Oc2ccccc2)cc1. The Kier molecular flexibility index (Phi) is 15.0. The van der Waals surface area contributed by atoms with Gasteiger partial charge in [0.2, 0.25) is 0 Å². The summed E-state index contributed by atoms with van der Waals surface area (Å²) in [6.07, 6.45) is 6.97. The molecule has 6 rings (SSSR count). The minimum Gasteiger partial charge on any atom is -0.457 e. The third-order valence-corrected chi connectivity index (χ3v) is 10.0. The smallest absolute Gasteiger partial charge is 0.316 e. The van der Waals surface area contributed by atoms with Crippen molar-refractivity contribution in [3.05, 3.63) is 192 Å². The van der Waals surface area contributed by atoms with Crippen molar-refractivity contribution < 1.29 is 28.2 Å². The van der Waals surface area contributed by atoms with E-state index in [9.17, 15) is 14.0 Å². The summed E-state index contributed by atoms with van der Waals surface area (Å²) in [6, 6.07) is 51.7. The second-order valence-electron chi connectivity index (χ2n) is 14.2. The second kappa shape index (κ2) is 21.2. The fourth-order valence-electron chi connectivity index (χ4n) is 6.81. The van der Waals surface area contributed by atoms with E-state index >= 15 is 0 Å². The second-order valence-corrected chi connectivity index (χ2v) is 14.2. The van der Waals surface area contributed by atoms with E-state index in [1.807, 2.05) is 115 Å². The molecule has 0 N–H and O–H groups in total. The molecular weight excluding hydrogens is 700 g/mol. The lowest BCUT2D eigenvalue weighted by atomic mass is 9.92. The van der Waals surface area contributed by atoms with Gasteiger partial charge in [0.1, 0.15) is 28.8 Å². The average Bonchev–Trinajstić information content (AvgIpc) is 3.23. The fraction of sp³-hybridized carbons (Fsp3) is 0.240. The van der Waals surface area contributed by atoms with E-state index in [0.717, 1.165) is 48.3 Å². The summed E-state index contributed by atoms with van der Waals surface area (Å²) in [6.45, 7) is 0. The van der Waals surface area contributed by atoms with Crippen LogP contribution < -0.4 is 9.47 Å². The normalized spacial score (nSPS) is 12.0. The van der Waals surface area contributed by atoms with E-state index in [1.165, 1.54) is 23.3 Å². The van der Waals surface area contributed by atoms with E-state index in [-0.39, 0.29) is 5.82 Å². The van der Waals surface area contributed by atoms with E-state index in [4.69, 9.17) is 14.2 Å². The number of esters is 2. The van der Waals surface area contributed by atoms with Gasteiger partial charge in [0, 0.05) is 0 Å². The monoisotopic (exact) mass is 748 g/mol. The summed E-state index contributed by atoms with van der Waals surface area (Å²) in [4.78, 5) is 27.7. The first-order valence-electron chi connectivity index (χ1n) is 19.6. The summed E-state index contributed by atoms with van der Waals surface area (Å²) in [5.74, 6) is 0.654. The molecule has 0 aromatic heterocycles. The molecule has 2 atom stereocenters. The lowest BCUT2D eigenvalue weighted by Crippen LogP contribution is -2.27. The Bertz CT molecular complexity index is 2050. The Morgan fingerprint density at radius 3 is 1.14 bits per heavy atom. The highest BCUT2D eigenvalue weighted by atomic mass is 19.1. The Morgan fingerprint density at radius 2 is 0.732 bits per heavy atom. The fourth-order valence-corrected chi connectivity index (χ4v) is 6.81. The Balaban J connectivity index is 1.09. The van der Waals surface area contributed by atoms with Crippen molar-refractivity contribution in [2.45, 2.75) is 64.2 Å². The molecule has 6 heteroatoms. The molecule has 0 bridgehead atoms. The molecule has 0 spiro atoms. The number of hydrogen-bond acceptors (Lipinski definition) is 5. The quantitative estimate of drug-likeness (QED) is 0.0575. The highest BCUT2D eigenvalue weighted by molar-refractivity contribution is 5.88. The molecule has 286 valence electrons. The Morgan fingerprint density at radius 1 is 0.393 bits per heavy atom. The number of aryl methyl sites for hydroxylation is 4. The van der Waals surface area contributed by atoms with Gasteiger partial charge in [-0.1, -0.05) is 103 Å². The van der Waals surface area contributed by atoms with E-state index in [1.54, 1.807) is 12.1 Å². The maximum atomic E-state index is 13.9. The number of benzene rings is 6. The Hall–Kier alpha value is -6.01. The van der Waals surface area contributed by atoms with Gasteiger partial charge < -0.3 is 14.2 Å². The summed E-state index contributed by atoms with van der Waals surface area (Å²) in [5, 5.41) is 0. The molecule has 56 heavy (non-hydrogen) atoms. The summed E-state index contributed by atoms with van der Waals surface area (Å²) >= 11 is 0. The molecule has 0 radical (unpaired) electrons. The topological polar surface area (TPSA) is 61.8 Å². The maximum absolute atomic E-state index is 13.9. The van der Waals surface area contributed by atoms with Crippen LogP contribution in [0.5, 0.6) is 23.0 Å². The van der Waals surface area contributed by atoms with Gasteiger partial charge in [0.15, 0.2) is 0 Å². The minimum absolute atomic E-state index is 0.318. The van der Waals surface area contributed by atoms with Gasteiger partial charge in [-0.15, -0.1) is 0 Å². The average molecular weight is 749 g/mol. The van der Waals surface area contributed by atoms with E-state index in [0.29, 0.717) is 50.0 Å². The number of ether oxygens (including phenoxy) is 3. The molecule has 0 aliphatic rings. The van der Waals surface area contributed by atoms with Crippen molar-refractivity contribution in [3.8, 4) is 23.0 Å². The van der Waals surface area contributed by atoms with Crippen LogP contribution in [0.25, 0.3) is 0 Å². The zero-order chi connectivity index (χ0) is 38.8. The minimum atomic E-state index is -0.449. The molecule has 5 nitrogen and oxygen atoms in total. The van der Waals surface area contributed by atoms with E-state index in [2.05, 4.69) is 24.3 Å². The lowest BCUT2D eigenvalue weighted by Gasteiger charge is -2.19. The largest absolute Gasteiger partial charge is 0.457 e. The van der Waals surface area contributed by atoms with Crippen LogP contribution in [0.4, 0.5) is 4.39 Å². The van der Waals surface area contributed by atoms with Crippen LogP contribution >= 0.6 is 0 Å². The van der Waals surface area contributed by atoms with Crippen molar-refractivity contribution in [1.82, 2.24) is 0 Å². The number of halogens is 1. The molecule has 6 aromatic rings. The van der Waals surface area contributed by atoms with Crippen LogP contribution in [0, 0.1) is 17.7 Å². The Labute approximate surface area is 330 Å². The number of hydrogen-bond donors (Lipinski definition) is 0. The first kappa shape index (κ1) is 39.7. The molecule has 0 aliphatic carbocycles. The first-order valence-corrected chi connectivity index (χ1v) is 19.6. The molecule has 2 unspecified atom stereocenters. The number of rotatable bonds is 20. The van der Waals surface area contributed by atoms with Gasteiger partial charge in [0.25, 0.3) is 0 Å². The number of carbonyl (C=O) groups excluding carboxylic acids is 2. The molecule has 0 aliphatic heterocycles. The molecular formula is C50H49FO5. The molecule has 0 heterocycles. The zero-order valence-electron chi connectivity index (χ0n) is 31.7. The number of carbonyl (C=O) groups is 2. The molecule has 0 fully saturated rings. The van der Waals surface area contributed by atoms with Crippen LogP contribution in [0.2, 0.25) is 0 Å². The predicted octanol–water partition coefficient (Wildman–Crippen LogP) is 12.3. The summed E-state index contributed by atoms with van der Waals surface area (Å²) in [7, 11) is 0. The highest BCUT2D eigenvalue weighted by Gasteiger charge is 2.27. The zero-order valence-corrected chi connectivity index (χ0v) is 31.7. The van der Waals surface area contributed by atoms with E-state index < -0.39 is 23.8 Å². The van der Waals surface area contributed by atoms with Crippen LogP contribution in [0.1, 0.15) is 60.8 Å². The van der Waals surface area contributed by atoms with Crippen LogP contribution in [-0.2, 0) is 40.0 Å². The third kappa shape index (κ3) is 13.1. The maximum Gasteiger partial charge on any atom is 0.316 e. The van der Waals surface area contributed by atoms with Crippen molar-refractivity contribution in [2.75, 3.05) is 0 Å². The standard InChI is InChI=1S/C50H49FO5/c51-44-30-36-48(37-31-44)55-47-34-26-41(27-35-47)23-29-43(19-11-17-39-14-6-2-7-15-39)50(53)56-49(52)42(18-10-16-38-12-4-1-5-13-38)28-22-40-24-32-46(33-25-40)54-45-20-8-3-9-21-45/h1-9,12-15,20-21,24-27,30-37,42-43H,10-11,16-19,22-23,28-29H2. The molecule has 6 aromatic carbocycles. The van der Waals surface area contributed by atoms with Crippen LogP contribution in [0.15, 0.2) is 164 Å². The van der Waals surface area contributed by atoms with Crippen LogP contribution in [-0.4, -0.2) is 11.9 Å². The van der Waals surface area contributed by atoms with Crippen molar-refractivity contribution >= 4 is 11.9 Å². The van der Waals surface area contributed by atoms with Crippen LogP contribution in [0.3, 0.4) is 0 Å². The molecule has 0 saturated carbocycles. The third-order valence-electron chi connectivity index (χ3n) is 10.0. The lowest BCUT2D eigenvalue weighted by molar-refractivity contribution is -0.166. The van der Waals surface area contributed by atoms with Crippen molar-refractivity contribution in [1.29, 1.82) is 0 Å². The van der Waals surface area contributed by atoms with Crippen molar-refractivity contribution in [2.24, 2.45) is 11.8 Å². The van der Waals surface area contributed by atoms with Crippen molar-refractivity contribution in [3.63, 3.8) is 0 Å². The number of para-hydroxylation sites is 1. The van der Waals surface area contributed by atoms with Gasteiger partial charge in [-0.2, -0.15) is 0 Å². The van der Waals surface area contributed by atoms with Gasteiger partial charge in [-0.3, -0.25) is 9.59 Å². The molecule has 0 amide bonds. The first-order chi connectivity index (χ1) is 27.5. The van der Waals surface area contributed by atoms with Gasteiger partial charge in [-0.05, 0) is 147 Å².